The molecule has 114 valence electrons. The van der Waals surface area contributed by atoms with Crippen LogP contribution in [0.15, 0.2) is 18.2 Å². The molecule has 0 saturated heterocycles. The molecule has 1 unspecified atom stereocenters. The smallest absolute Gasteiger partial charge is 0.372 e. The third-order valence-electron chi connectivity index (χ3n) is 2.58. The summed E-state index contributed by atoms with van der Waals surface area (Å²) in [5.41, 5.74) is 3.22. The van der Waals surface area contributed by atoms with Crippen LogP contribution in [0.1, 0.15) is 12.0 Å². The molecule has 1 atom stereocenters. The van der Waals surface area contributed by atoms with Gasteiger partial charge in [-0.05, 0) is 30.5 Å². The van der Waals surface area contributed by atoms with Gasteiger partial charge in [0, 0.05) is 12.6 Å². The van der Waals surface area contributed by atoms with Gasteiger partial charge in [0.25, 0.3) is 0 Å². The zero-order chi connectivity index (χ0) is 15.2. The Labute approximate surface area is 119 Å². The van der Waals surface area contributed by atoms with Crippen LogP contribution in [0.4, 0.5) is 17.6 Å². The Bertz CT molecular complexity index is 428. The second-order valence-electron chi connectivity index (χ2n) is 4.27. The molecule has 20 heavy (non-hydrogen) atoms. The minimum Gasteiger partial charge on any atom is -0.372 e. The molecule has 0 saturated carbocycles. The summed E-state index contributed by atoms with van der Waals surface area (Å²) in [6.45, 7) is -1.37. The van der Waals surface area contributed by atoms with Crippen molar-refractivity contribution in [3.05, 3.63) is 34.6 Å². The van der Waals surface area contributed by atoms with Gasteiger partial charge in [0.1, 0.15) is 12.4 Å². The van der Waals surface area contributed by atoms with Gasteiger partial charge in [-0.3, -0.25) is 11.3 Å². The van der Waals surface area contributed by atoms with Crippen LogP contribution in [0.25, 0.3) is 0 Å². The SMILES string of the molecule is NNC(CCOCC(F)(F)F)Cc1ccc(F)c(Cl)c1. The highest BCUT2D eigenvalue weighted by atomic mass is 35.5. The average molecular weight is 315 g/mol. The Kier molecular flexibility index (Phi) is 6.67. The maximum atomic E-state index is 13.0. The van der Waals surface area contributed by atoms with Gasteiger partial charge in [-0.1, -0.05) is 17.7 Å². The van der Waals surface area contributed by atoms with E-state index in [0.29, 0.717) is 12.8 Å². The summed E-state index contributed by atoms with van der Waals surface area (Å²) in [4.78, 5) is 0. The van der Waals surface area contributed by atoms with Crippen molar-refractivity contribution in [2.45, 2.75) is 25.1 Å². The summed E-state index contributed by atoms with van der Waals surface area (Å²) in [5.74, 6) is 4.80. The molecule has 1 rings (SSSR count). The maximum Gasteiger partial charge on any atom is 0.411 e. The summed E-state index contributed by atoms with van der Waals surface area (Å²) in [6.07, 6.45) is -3.64. The molecule has 0 aromatic heterocycles. The van der Waals surface area contributed by atoms with E-state index in [-0.39, 0.29) is 17.7 Å². The van der Waals surface area contributed by atoms with Crippen LogP contribution < -0.4 is 11.3 Å². The van der Waals surface area contributed by atoms with Crippen molar-refractivity contribution in [2.24, 2.45) is 5.84 Å². The van der Waals surface area contributed by atoms with E-state index < -0.39 is 18.6 Å². The van der Waals surface area contributed by atoms with E-state index in [9.17, 15) is 17.6 Å². The number of hydrazine groups is 1. The Balaban J connectivity index is 2.41. The fraction of sp³-hybridized carbons (Fsp3) is 0.500. The van der Waals surface area contributed by atoms with E-state index in [2.05, 4.69) is 10.2 Å². The molecule has 0 radical (unpaired) electrons. The highest BCUT2D eigenvalue weighted by Crippen LogP contribution is 2.18. The summed E-state index contributed by atoms with van der Waals surface area (Å²) in [6, 6.07) is 3.94. The average Bonchev–Trinajstić information content (AvgIpc) is 2.36. The molecule has 0 aliphatic heterocycles. The van der Waals surface area contributed by atoms with Crippen molar-refractivity contribution in [3.63, 3.8) is 0 Å². The molecular formula is C12H15ClF4N2O. The Morgan fingerprint density at radius 3 is 2.60 bits per heavy atom. The molecule has 1 aromatic rings. The van der Waals surface area contributed by atoms with E-state index in [1.54, 1.807) is 6.07 Å². The van der Waals surface area contributed by atoms with Gasteiger partial charge in [0.2, 0.25) is 0 Å². The molecule has 0 spiro atoms. The van der Waals surface area contributed by atoms with E-state index in [1.165, 1.54) is 12.1 Å². The van der Waals surface area contributed by atoms with Gasteiger partial charge in [-0.2, -0.15) is 13.2 Å². The highest BCUT2D eigenvalue weighted by molar-refractivity contribution is 6.30. The lowest BCUT2D eigenvalue weighted by Gasteiger charge is -2.16. The molecule has 8 heteroatoms. The Morgan fingerprint density at radius 1 is 1.35 bits per heavy atom. The van der Waals surface area contributed by atoms with Crippen LogP contribution in [-0.2, 0) is 11.2 Å². The Hall–Kier alpha value is -0.890. The third-order valence-corrected chi connectivity index (χ3v) is 2.87. The molecule has 1 aromatic carbocycles. The van der Waals surface area contributed by atoms with E-state index >= 15 is 0 Å². The predicted octanol–water partition coefficient (Wildman–Crippen LogP) is 2.82. The van der Waals surface area contributed by atoms with Gasteiger partial charge in [-0.25, -0.2) is 4.39 Å². The van der Waals surface area contributed by atoms with E-state index in [4.69, 9.17) is 17.4 Å². The summed E-state index contributed by atoms with van der Waals surface area (Å²) in [7, 11) is 0. The van der Waals surface area contributed by atoms with Crippen molar-refractivity contribution in [1.29, 1.82) is 0 Å². The van der Waals surface area contributed by atoms with Crippen LogP contribution in [-0.4, -0.2) is 25.4 Å². The molecule has 0 aliphatic rings. The standard InChI is InChI=1S/C12H15ClF4N2O/c13-10-6-8(1-2-11(10)14)5-9(19-18)3-4-20-7-12(15,16)17/h1-2,6,9,19H,3-5,7,18H2. The summed E-state index contributed by atoms with van der Waals surface area (Å²) in [5, 5.41) is -0.00778. The first-order valence-electron chi connectivity index (χ1n) is 5.86. The Morgan fingerprint density at radius 2 is 2.05 bits per heavy atom. The van der Waals surface area contributed by atoms with Crippen molar-refractivity contribution in [2.75, 3.05) is 13.2 Å². The van der Waals surface area contributed by atoms with Gasteiger partial charge < -0.3 is 4.74 Å². The van der Waals surface area contributed by atoms with Crippen LogP contribution in [0.3, 0.4) is 0 Å². The number of rotatable bonds is 7. The molecule has 0 aliphatic carbocycles. The van der Waals surface area contributed by atoms with Crippen LogP contribution in [0, 0.1) is 5.82 Å². The van der Waals surface area contributed by atoms with Gasteiger partial charge >= 0.3 is 6.18 Å². The second kappa shape index (κ2) is 7.78. The zero-order valence-electron chi connectivity index (χ0n) is 10.5. The van der Waals surface area contributed by atoms with Gasteiger partial charge in [0.15, 0.2) is 0 Å². The third kappa shape index (κ3) is 6.51. The molecule has 3 N–H and O–H groups in total. The molecule has 3 nitrogen and oxygen atoms in total. The highest BCUT2D eigenvalue weighted by Gasteiger charge is 2.27. The van der Waals surface area contributed by atoms with Crippen molar-refractivity contribution >= 4 is 11.6 Å². The van der Waals surface area contributed by atoms with E-state index in [0.717, 1.165) is 5.56 Å². The molecule has 0 heterocycles. The monoisotopic (exact) mass is 314 g/mol. The van der Waals surface area contributed by atoms with E-state index in [1.807, 2.05) is 0 Å². The molecule has 0 bridgehead atoms. The zero-order valence-corrected chi connectivity index (χ0v) is 11.3. The number of hydrogen-bond acceptors (Lipinski definition) is 3. The lowest BCUT2D eigenvalue weighted by molar-refractivity contribution is -0.174. The fourth-order valence-corrected chi connectivity index (χ4v) is 1.81. The maximum absolute atomic E-state index is 13.0. The lowest BCUT2D eigenvalue weighted by Crippen LogP contribution is -2.37. The predicted molar refractivity (Wildman–Crippen MR) is 67.7 cm³/mol. The first-order valence-corrected chi connectivity index (χ1v) is 6.24. The first kappa shape index (κ1) is 17.2. The van der Waals surface area contributed by atoms with Gasteiger partial charge in [0.05, 0.1) is 5.02 Å². The topological polar surface area (TPSA) is 47.3 Å². The van der Waals surface area contributed by atoms with Gasteiger partial charge in [-0.15, -0.1) is 0 Å². The first-order chi connectivity index (χ1) is 9.31. The largest absolute Gasteiger partial charge is 0.411 e. The van der Waals surface area contributed by atoms with Crippen molar-refractivity contribution in [3.8, 4) is 0 Å². The number of nitrogens with two attached hydrogens (primary N) is 1. The molecular weight excluding hydrogens is 300 g/mol. The molecule has 0 fully saturated rings. The molecule has 0 amide bonds. The normalized spacial score (nSPS) is 13.5. The van der Waals surface area contributed by atoms with Crippen molar-refractivity contribution < 1.29 is 22.3 Å². The number of ether oxygens (including phenoxy) is 1. The van der Waals surface area contributed by atoms with Crippen LogP contribution in [0.2, 0.25) is 5.02 Å². The quantitative estimate of drug-likeness (QED) is 0.352. The second-order valence-corrected chi connectivity index (χ2v) is 4.68. The minimum atomic E-state index is -4.34. The number of halogens is 5. The van der Waals surface area contributed by atoms with Crippen LogP contribution in [0.5, 0.6) is 0 Å². The number of alkyl halides is 3. The van der Waals surface area contributed by atoms with Crippen LogP contribution >= 0.6 is 11.6 Å². The van der Waals surface area contributed by atoms with Crippen molar-refractivity contribution in [1.82, 2.24) is 5.43 Å². The lowest BCUT2D eigenvalue weighted by atomic mass is 10.0. The minimum absolute atomic E-state index is 0.00778. The number of nitrogens with one attached hydrogen (secondary N) is 1. The number of hydrogen-bond donors (Lipinski definition) is 2. The fourth-order valence-electron chi connectivity index (χ4n) is 1.61. The summed E-state index contributed by atoms with van der Waals surface area (Å²) >= 11 is 5.64. The summed E-state index contributed by atoms with van der Waals surface area (Å²) < 4.78 is 53.1. The number of benzene rings is 1.